The van der Waals surface area contributed by atoms with Crippen LogP contribution in [0.15, 0.2) is 36.5 Å². The van der Waals surface area contributed by atoms with Crippen LogP contribution in [0.1, 0.15) is 11.3 Å². The summed E-state index contributed by atoms with van der Waals surface area (Å²) in [6.07, 6.45) is 1.79. The Bertz CT molecular complexity index is 731. The minimum Gasteiger partial charge on any atom is -0.369 e. The van der Waals surface area contributed by atoms with E-state index >= 15 is 0 Å². The summed E-state index contributed by atoms with van der Waals surface area (Å²) in [5.74, 6) is -0.0503. The minimum atomic E-state index is -0.356. The number of halogens is 1. The molecule has 0 atom stereocenters. The number of nitrogens with zero attached hydrogens (tertiary/aromatic N) is 3. The summed E-state index contributed by atoms with van der Waals surface area (Å²) in [5.41, 5.74) is 8.82. The fourth-order valence-corrected chi connectivity index (χ4v) is 2.07. The third-order valence-electron chi connectivity index (χ3n) is 3.07. The SMILES string of the molecule is Cc1ccc(Cn2c(N)nc3c(F)cccc32)cn1. The maximum atomic E-state index is 13.6. The Morgan fingerprint density at radius 2 is 2.11 bits per heavy atom. The number of nitrogen functional groups attached to an aromatic ring is 1. The quantitative estimate of drug-likeness (QED) is 0.766. The second-order valence-electron chi connectivity index (χ2n) is 4.47. The van der Waals surface area contributed by atoms with Crippen molar-refractivity contribution in [1.82, 2.24) is 14.5 Å². The highest BCUT2D eigenvalue weighted by Gasteiger charge is 2.11. The second-order valence-corrected chi connectivity index (χ2v) is 4.47. The molecular weight excluding hydrogens is 243 g/mol. The Kier molecular flexibility index (Phi) is 2.67. The zero-order valence-corrected chi connectivity index (χ0v) is 10.5. The summed E-state index contributed by atoms with van der Waals surface area (Å²) < 4.78 is 15.4. The van der Waals surface area contributed by atoms with Crippen LogP contribution in [0.5, 0.6) is 0 Å². The van der Waals surface area contributed by atoms with Gasteiger partial charge in [0.25, 0.3) is 0 Å². The first-order valence-corrected chi connectivity index (χ1v) is 5.97. The van der Waals surface area contributed by atoms with Crippen LogP contribution in [0.4, 0.5) is 10.3 Å². The molecule has 3 aromatic rings. The van der Waals surface area contributed by atoms with E-state index in [0.717, 1.165) is 11.3 Å². The van der Waals surface area contributed by atoms with Crippen LogP contribution in [-0.4, -0.2) is 14.5 Å². The molecular formula is C14H13FN4. The van der Waals surface area contributed by atoms with Crippen molar-refractivity contribution in [1.29, 1.82) is 0 Å². The van der Waals surface area contributed by atoms with Crippen LogP contribution in [0.25, 0.3) is 11.0 Å². The van der Waals surface area contributed by atoms with Gasteiger partial charge in [-0.25, -0.2) is 9.37 Å². The van der Waals surface area contributed by atoms with Gasteiger partial charge in [0.05, 0.1) is 12.1 Å². The van der Waals surface area contributed by atoms with E-state index < -0.39 is 0 Å². The normalized spacial score (nSPS) is 11.1. The molecule has 0 aliphatic heterocycles. The van der Waals surface area contributed by atoms with Gasteiger partial charge in [-0.2, -0.15) is 0 Å². The molecule has 2 aromatic heterocycles. The van der Waals surface area contributed by atoms with Gasteiger partial charge < -0.3 is 10.3 Å². The fourth-order valence-electron chi connectivity index (χ4n) is 2.07. The van der Waals surface area contributed by atoms with Crippen molar-refractivity contribution < 1.29 is 4.39 Å². The number of pyridine rings is 1. The smallest absolute Gasteiger partial charge is 0.201 e. The number of anilines is 1. The lowest BCUT2D eigenvalue weighted by molar-refractivity contribution is 0.637. The molecule has 0 spiro atoms. The lowest BCUT2D eigenvalue weighted by atomic mass is 10.2. The molecule has 19 heavy (non-hydrogen) atoms. The van der Waals surface area contributed by atoms with E-state index in [9.17, 15) is 4.39 Å². The molecule has 5 heteroatoms. The zero-order chi connectivity index (χ0) is 13.4. The number of fused-ring (bicyclic) bond motifs is 1. The van der Waals surface area contributed by atoms with Crippen molar-refractivity contribution in [2.24, 2.45) is 0 Å². The average molecular weight is 256 g/mol. The van der Waals surface area contributed by atoms with Crippen LogP contribution >= 0.6 is 0 Å². The molecule has 0 aliphatic rings. The monoisotopic (exact) mass is 256 g/mol. The summed E-state index contributed by atoms with van der Waals surface area (Å²) in [5, 5.41) is 0. The van der Waals surface area contributed by atoms with Crippen LogP contribution < -0.4 is 5.73 Å². The number of rotatable bonds is 2. The minimum absolute atomic E-state index is 0.306. The second kappa shape index (κ2) is 4.35. The molecule has 1 aromatic carbocycles. The maximum absolute atomic E-state index is 13.6. The summed E-state index contributed by atoms with van der Waals surface area (Å²) in [7, 11) is 0. The molecule has 2 heterocycles. The van der Waals surface area contributed by atoms with Gasteiger partial charge in [0, 0.05) is 11.9 Å². The average Bonchev–Trinajstić information content (AvgIpc) is 2.71. The molecule has 0 aliphatic carbocycles. The zero-order valence-electron chi connectivity index (χ0n) is 10.5. The molecule has 2 N–H and O–H groups in total. The number of para-hydroxylation sites is 1. The van der Waals surface area contributed by atoms with Crippen LogP contribution in [0.3, 0.4) is 0 Å². The molecule has 0 bridgehead atoms. The van der Waals surface area contributed by atoms with E-state index in [4.69, 9.17) is 5.73 Å². The standard InChI is InChI=1S/C14H13FN4/c1-9-5-6-10(7-17-9)8-19-12-4-2-3-11(15)13(12)18-14(19)16/h2-7H,8H2,1H3,(H2,16,18). The highest BCUT2D eigenvalue weighted by atomic mass is 19.1. The summed E-state index contributed by atoms with van der Waals surface area (Å²) in [6, 6.07) is 8.76. The van der Waals surface area contributed by atoms with Crippen molar-refractivity contribution in [2.75, 3.05) is 5.73 Å². The van der Waals surface area contributed by atoms with Gasteiger partial charge in [0.15, 0.2) is 5.82 Å². The van der Waals surface area contributed by atoms with E-state index in [0.29, 0.717) is 23.5 Å². The Morgan fingerprint density at radius 3 is 2.84 bits per heavy atom. The lowest BCUT2D eigenvalue weighted by Crippen LogP contribution is -2.04. The molecule has 3 rings (SSSR count). The number of hydrogen-bond donors (Lipinski definition) is 1. The van der Waals surface area contributed by atoms with E-state index in [-0.39, 0.29) is 5.82 Å². The largest absolute Gasteiger partial charge is 0.369 e. The molecule has 0 fully saturated rings. The van der Waals surface area contributed by atoms with Gasteiger partial charge in [0.2, 0.25) is 5.95 Å². The number of hydrogen-bond acceptors (Lipinski definition) is 3. The van der Waals surface area contributed by atoms with E-state index in [1.54, 1.807) is 16.8 Å². The molecule has 0 unspecified atom stereocenters. The summed E-state index contributed by atoms with van der Waals surface area (Å²) in [6.45, 7) is 2.46. The highest BCUT2D eigenvalue weighted by molar-refractivity contribution is 5.79. The third kappa shape index (κ3) is 2.03. The Morgan fingerprint density at radius 1 is 1.26 bits per heavy atom. The molecule has 4 nitrogen and oxygen atoms in total. The highest BCUT2D eigenvalue weighted by Crippen LogP contribution is 2.21. The topological polar surface area (TPSA) is 56.7 Å². The molecule has 0 saturated carbocycles. The molecule has 0 saturated heterocycles. The Hall–Kier alpha value is -2.43. The van der Waals surface area contributed by atoms with Gasteiger partial charge >= 0.3 is 0 Å². The van der Waals surface area contributed by atoms with Gasteiger partial charge in [-0.1, -0.05) is 12.1 Å². The van der Waals surface area contributed by atoms with Crippen molar-refractivity contribution in [2.45, 2.75) is 13.5 Å². The van der Waals surface area contributed by atoms with Gasteiger partial charge in [-0.15, -0.1) is 0 Å². The van der Waals surface area contributed by atoms with Crippen molar-refractivity contribution in [3.05, 3.63) is 53.6 Å². The first-order valence-electron chi connectivity index (χ1n) is 5.97. The fraction of sp³-hybridized carbons (Fsp3) is 0.143. The predicted molar refractivity (Wildman–Crippen MR) is 72.2 cm³/mol. The third-order valence-corrected chi connectivity index (χ3v) is 3.07. The van der Waals surface area contributed by atoms with Gasteiger partial charge in [0.1, 0.15) is 5.52 Å². The number of benzene rings is 1. The van der Waals surface area contributed by atoms with Crippen LogP contribution in [0.2, 0.25) is 0 Å². The van der Waals surface area contributed by atoms with E-state index in [2.05, 4.69) is 9.97 Å². The van der Waals surface area contributed by atoms with Crippen molar-refractivity contribution in [3.63, 3.8) is 0 Å². The van der Waals surface area contributed by atoms with Gasteiger partial charge in [-0.05, 0) is 30.7 Å². The summed E-state index contributed by atoms with van der Waals surface area (Å²) in [4.78, 5) is 8.31. The number of nitrogens with two attached hydrogens (primary N) is 1. The van der Waals surface area contributed by atoms with E-state index in [1.165, 1.54) is 6.07 Å². The number of imidazole rings is 1. The first kappa shape index (κ1) is 11.6. The summed E-state index contributed by atoms with van der Waals surface area (Å²) >= 11 is 0. The van der Waals surface area contributed by atoms with Gasteiger partial charge in [-0.3, -0.25) is 4.98 Å². The van der Waals surface area contributed by atoms with Crippen LogP contribution in [-0.2, 0) is 6.54 Å². The first-order chi connectivity index (χ1) is 9.15. The van der Waals surface area contributed by atoms with E-state index in [1.807, 2.05) is 25.1 Å². The molecule has 0 radical (unpaired) electrons. The molecule has 96 valence electrons. The Labute approximate surface area is 109 Å². The molecule has 0 amide bonds. The number of aromatic nitrogens is 3. The van der Waals surface area contributed by atoms with Crippen LogP contribution in [0, 0.1) is 12.7 Å². The lowest BCUT2D eigenvalue weighted by Gasteiger charge is -2.06. The van der Waals surface area contributed by atoms with Crippen molar-refractivity contribution in [3.8, 4) is 0 Å². The van der Waals surface area contributed by atoms with Crippen molar-refractivity contribution >= 4 is 17.0 Å². The maximum Gasteiger partial charge on any atom is 0.201 e. The predicted octanol–water partition coefficient (Wildman–Crippen LogP) is 2.51. The number of aryl methyl sites for hydroxylation is 1. The Balaban J connectivity index is 2.07.